The second-order valence-corrected chi connectivity index (χ2v) is 15.6. The second-order valence-electron chi connectivity index (χ2n) is 15.2. The third-order valence-electron chi connectivity index (χ3n) is 10.9. The van der Waals surface area contributed by atoms with Gasteiger partial charge in [-0.3, -0.25) is 9.88 Å². The van der Waals surface area contributed by atoms with Crippen LogP contribution in [0.15, 0.2) is 102 Å². The van der Waals surface area contributed by atoms with E-state index in [4.69, 9.17) is 30.3 Å². The minimum absolute atomic E-state index is 0.203. The van der Waals surface area contributed by atoms with Crippen molar-refractivity contribution in [3.8, 4) is 45.7 Å². The van der Waals surface area contributed by atoms with Crippen molar-refractivity contribution in [2.75, 3.05) is 33.3 Å². The summed E-state index contributed by atoms with van der Waals surface area (Å²) in [4.78, 5) is 8.67. The molecule has 2 aromatic heterocycles. The molecule has 0 unspecified atom stereocenters. The molecule has 304 valence electrons. The van der Waals surface area contributed by atoms with Gasteiger partial charge in [0.1, 0.15) is 48.0 Å². The molecule has 6 aromatic rings. The van der Waals surface area contributed by atoms with Crippen LogP contribution in [-0.2, 0) is 26.3 Å². The first-order chi connectivity index (χ1) is 28.7. The highest BCUT2D eigenvalue weighted by atomic mass is 35.5. The highest BCUT2D eigenvalue weighted by Gasteiger charge is 2.21. The Morgan fingerprint density at radius 1 is 0.864 bits per heavy atom. The average Bonchev–Trinajstić information content (AvgIpc) is 3.83. The number of aryl methyl sites for hydroxylation is 1. The van der Waals surface area contributed by atoms with Crippen LogP contribution in [0.1, 0.15) is 57.5 Å². The molecule has 4 aromatic carbocycles. The van der Waals surface area contributed by atoms with Crippen molar-refractivity contribution >= 4 is 11.6 Å². The zero-order chi connectivity index (χ0) is 41.3. The van der Waals surface area contributed by atoms with Gasteiger partial charge in [0, 0.05) is 73.4 Å². The van der Waals surface area contributed by atoms with Crippen molar-refractivity contribution in [2.24, 2.45) is 0 Å². The van der Waals surface area contributed by atoms with Gasteiger partial charge in [-0.15, -0.1) is 0 Å². The maximum Gasteiger partial charge on any atom is 0.142 e. The SMILES string of the molecule is Cc1onc(-c2ccccc2)c1CN(C)Cc1cc(Cl)c(OCc2cccc(-c3cccc(OCCCN4CC[C@@H](O)C4)c3C)c2C)cc1OCc1cncc(C#N)c1. The van der Waals surface area contributed by atoms with Crippen LogP contribution in [-0.4, -0.2) is 64.4 Å². The number of ether oxygens (including phenoxy) is 3. The number of likely N-dealkylation sites (tertiary alicyclic amines) is 1. The minimum Gasteiger partial charge on any atom is -0.493 e. The van der Waals surface area contributed by atoms with Crippen LogP contribution in [0, 0.1) is 32.1 Å². The average molecular weight is 812 g/mol. The van der Waals surface area contributed by atoms with E-state index in [9.17, 15) is 10.4 Å². The molecule has 0 aliphatic carbocycles. The van der Waals surface area contributed by atoms with E-state index in [0.717, 1.165) is 99.8 Å². The van der Waals surface area contributed by atoms with Gasteiger partial charge in [-0.05, 0) is 86.7 Å². The number of pyridine rings is 1. The van der Waals surface area contributed by atoms with Crippen molar-refractivity contribution in [2.45, 2.75) is 66.0 Å². The molecule has 0 radical (unpaired) electrons. The number of benzene rings is 4. The highest BCUT2D eigenvalue weighted by molar-refractivity contribution is 6.32. The first-order valence-electron chi connectivity index (χ1n) is 20.0. The summed E-state index contributed by atoms with van der Waals surface area (Å²) in [6.07, 6.45) is 4.77. The quantitative estimate of drug-likeness (QED) is 0.0893. The summed E-state index contributed by atoms with van der Waals surface area (Å²) >= 11 is 6.98. The summed E-state index contributed by atoms with van der Waals surface area (Å²) in [6.45, 7) is 11.0. The lowest BCUT2D eigenvalue weighted by atomic mass is 9.93. The maximum atomic E-state index is 9.84. The number of aromatic nitrogens is 2. The molecule has 1 fully saturated rings. The number of nitrogens with zero attached hydrogens (tertiary/aromatic N) is 5. The Bertz CT molecular complexity index is 2410. The number of hydrogen-bond donors (Lipinski definition) is 1. The lowest BCUT2D eigenvalue weighted by Crippen LogP contribution is -2.24. The number of hydrogen-bond acceptors (Lipinski definition) is 10. The standard InChI is InChI=1S/C48H50ClN5O5/c1-32-38(13-8-14-41(32)42-15-9-16-45(33(42)2)56-20-10-18-54-19-17-40(55)28-54)31-58-47-23-46(57-30-36-21-35(24-50)25-51-26-36)39(22-44(47)49)27-53(4)29-43-34(3)59-52-48(43)37-11-6-5-7-12-37/h5-9,11-16,21-23,25-26,40,55H,10,17-20,27-31H2,1-4H3/t40-/m1/s1. The van der Waals surface area contributed by atoms with Gasteiger partial charge in [0.25, 0.3) is 0 Å². The number of aliphatic hydroxyl groups is 1. The van der Waals surface area contributed by atoms with E-state index in [1.54, 1.807) is 12.3 Å². The molecule has 3 heterocycles. The predicted molar refractivity (Wildman–Crippen MR) is 229 cm³/mol. The van der Waals surface area contributed by atoms with E-state index >= 15 is 0 Å². The van der Waals surface area contributed by atoms with Crippen molar-refractivity contribution in [1.29, 1.82) is 5.26 Å². The molecule has 1 atom stereocenters. The molecular weight excluding hydrogens is 762 g/mol. The molecule has 0 spiro atoms. The molecule has 0 bridgehead atoms. The Labute approximate surface area is 351 Å². The topological polar surface area (TPSA) is 117 Å². The van der Waals surface area contributed by atoms with Gasteiger partial charge in [-0.2, -0.15) is 5.26 Å². The number of nitriles is 1. The first-order valence-corrected chi connectivity index (χ1v) is 20.4. The molecule has 1 N–H and O–H groups in total. The van der Waals surface area contributed by atoms with E-state index < -0.39 is 0 Å². The molecule has 11 heteroatoms. The zero-order valence-corrected chi connectivity index (χ0v) is 34.8. The minimum atomic E-state index is -0.208. The van der Waals surface area contributed by atoms with E-state index in [0.29, 0.717) is 48.4 Å². The second kappa shape index (κ2) is 19.4. The first kappa shape index (κ1) is 41.5. The number of aliphatic hydroxyl groups excluding tert-OH is 1. The normalized spacial score (nSPS) is 14.1. The smallest absolute Gasteiger partial charge is 0.142 e. The molecule has 0 amide bonds. The predicted octanol–water partition coefficient (Wildman–Crippen LogP) is 9.48. The van der Waals surface area contributed by atoms with E-state index in [-0.39, 0.29) is 12.7 Å². The molecule has 0 saturated carbocycles. The Morgan fingerprint density at radius 3 is 2.42 bits per heavy atom. The summed E-state index contributed by atoms with van der Waals surface area (Å²) < 4.78 is 24.8. The van der Waals surface area contributed by atoms with Crippen LogP contribution in [0.5, 0.6) is 17.2 Å². The molecule has 1 saturated heterocycles. The third kappa shape index (κ3) is 10.3. The summed E-state index contributed by atoms with van der Waals surface area (Å²) in [5.41, 5.74) is 10.4. The van der Waals surface area contributed by atoms with Gasteiger partial charge in [0.2, 0.25) is 0 Å². The fourth-order valence-electron chi connectivity index (χ4n) is 7.59. The lowest BCUT2D eigenvalue weighted by Gasteiger charge is -2.21. The Morgan fingerprint density at radius 2 is 1.64 bits per heavy atom. The Balaban J connectivity index is 1.08. The van der Waals surface area contributed by atoms with Crippen LogP contribution in [0.2, 0.25) is 5.02 Å². The summed E-state index contributed by atoms with van der Waals surface area (Å²) in [7, 11) is 2.03. The zero-order valence-electron chi connectivity index (χ0n) is 34.1. The highest BCUT2D eigenvalue weighted by Crippen LogP contribution is 2.37. The van der Waals surface area contributed by atoms with Crippen LogP contribution < -0.4 is 14.2 Å². The van der Waals surface area contributed by atoms with Gasteiger partial charge in [0.05, 0.1) is 23.3 Å². The maximum absolute atomic E-state index is 9.84. The lowest BCUT2D eigenvalue weighted by molar-refractivity contribution is 0.173. The van der Waals surface area contributed by atoms with E-state index in [1.165, 1.54) is 6.20 Å². The van der Waals surface area contributed by atoms with Gasteiger partial charge in [-0.1, -0.05) is 77.4 Å². The van der Waals surface area contributed by atoms with Crippen LogP contribution in [0.4, 0.5) is 0 Å². The fraction of sp³-hybridized carbons (Fsp3) is 0.312. The molecule has 7 rings (SSSR count). The van der Waals surface area contributed by atoms with Crippen LogP contribution in [0.25, 0.3) is 22.4 Å². The fourth-order valence-corrected chi connectivity index (χ4v) is 7.83. The van der Waals surface area contributed by atoms with Crippen molar-refractivity contribution < 1.29 is 23.8 Å². The Hall–Kier alpha value is -5.70. The Kier molecular flexibility index (Phi) is 13.6. The molecule has 10 nitrogen and oxygen atoms in total. The van der Waals surface area contributed by atoms with Crippen molar-refractivity contribution in [3.05, 3.63) is 147 Å². The summed E-state index contributed by atoms with van der Waals surface area (Å²) in [5.74, 6) is 2.75. The van der Waals surface area contributed by atoms with E-state index in [1.807, 2.05) is 68.6 Å². The summed E-state index contributed by atoms with van der Waals surface area (Å²) in [5, 5.41) is 24.1. The third-order valence-corrected chi connectivity index (χ3v) is 11.2. The molecule has 1 aliphatic heterocycles. The number of halogens is 1. The van der Waals surface area contributed by atoms with Crippen molar-refractivity contribution in [1.82, 2.24) is 19.9 Å². The summed E-state index contributed by atoms with van der Waals surface area (Å²) in [6, 6.07) is 30.1. The number of rotatable bonds is 17. The molecule has 1 aliphatic rings. The van der Waals surface area contributed by atoms with Gasteiger partial charge in [0.15, 0.2) is 0 Å². The largest absolute Gasteiger partial charge is 0.493 e. The molecular formula is C48H50ClN5O5. The van der Waals surface area contributed by atoms with Gasteiger partial charge < -0.3 is 28.7 Å². The van der Waals surface area contributed by atoms with Gasteiger partial charge >= 0.3 is 0 Å². The van der Waals surface area contributed by atoms with Crippen molar-refractivity contribution in [3.63, 3.8) is 0 Å². The van der Waals surface area contributed by atoms with Crippen LogP contribution in [0.3, 0.4) is 0 Å². The number of β-amino-alcohol motifs (C(OH)–C–C–N with tert-alkyl or cyclic N) is 1. The van der Waals surface area contributed by atoms with Gasteiger partial charge in [-0.25, -0.2) is 0 Å². The monoisotopic (exact) mass is 811 g/mol. The van der Waals surface area contributed by atoms with E-state index in [2.05, 4.69) is 64.1 Å². The molecule has 59 heavy (non-hydrogen) atoms. The van der Waals surface area contributed by atoms with Crippen LogP contribution >= 0.6 is 11.6 Å².